The van der Waals surface area contributed by atoms with Crippen LogP contribution in [0.5, 0.6) is 0 Å². The number of carbonyl (C=O) groups is 2. The number of hydrogen-bond donors (Lipinski definition) is 14. The maximum atomic E-state index is 14.1. The van der Waals surface area contributed by atoms with Crippen LogP contribution >= 0.6 is 0 Å². The van der Waals surface area contributed by atoms with Crippen LogP contribution in [0.1, 0.15) is 118 Å². The van der Waals surface area contributed by atoms with Crippen LogP contribution in [0.15, 0.2) is 85.1 Å². The number of allylic oxidation sites excluding steroid dienone is 12. The Morgan fingerprint density at radius 3 is 1.81 bits per heavy atom. The van der Waals surface area contributed by atoms with Crippen molar-refractivity contribution in [3.05, 3.63) is 85.1 Å². The first-order valence-corrected chi connectivity index (χ1v) is 29.0. The number of esters is 1. The summed E-state index contributed by atoms with van der Waals surface area (Å²) in [4.78, 5) is 28.8. The summed E-state index contributed by atoms with van der Waals surface area (Å²) in [5.41, 5.74) is 17.4. The van der Waals surface area contributed by atoms with Gasteiger partial charge in [0.2, 0.25) is 5.91 Å². The van der Waals surface area contributed by atoms with E-state index in [-0.39, 0.29) is 38.1 Å². The number of aliphatic hydroxyl groups is 10. The van der Waals surface area contributed by atoms with Gasteiger partial charge in [0.05, 0.1) is 85.5 Å². The molecule has 458 valence electrons. The highest BCUT2D eigenvalue weighted by Gasteiger charge is 2.51. The lowest BCUT2D eigenvalue weighted by atomic mass is 9.82. The van der Waals surface area contributed by atoms with Gasteiger partial charge in [0.1, 0.15) is 12.2 Å². The highest BCUT2D eigenvalue weighted by molar-refractivity contribution is 5.80. The van der Waals surface area contributed by atoms with Crippen LogP contribution in [0, 0.1) is 17.8 Å². The normalized spacial score (nSPS) is 39.2. The fraction of sp³-hybridized carbons (Fsp3) is 0.729. The van der Waals surface area contributed by atoms with E-state index in [1.807, 2.05) is 66.5 Å². The number of rotatable bonds is 16. The Morgan fingerprint density at radius 2 is 1.21 bits per heavy atom. The topological polar surface area (TPSA) is 367 Å². The van der Waals surface area contributed by atoms with Gasteiger partial charge in [0.15, 0.2) is 12.1 Å². The molecule has 19 atom stereocenters. The number of cyclic esters (lactones) is 1. The summed E-state index contributed by atoms with van der Waals surface area (Å²) in [6.07, 6.45) is 9.47. The molecule has 3 rings (SSSR count). The van der Waals surface area contributed by atoms with Crippen molar-refractivity contribution in [1.29, 1.82) is 0 Å². The zero-order valence-corrected chi connectivity index (χ0v) is 47.7. The Labute approximate surface area is 474 Å². The Bertz CT molecular complexity index is 1950. The standard InChI is InChI=1S/C59H101N5O16/c1-39-23-17-13-11-9-7-5-6-8-10-12-14-18-24-46(79-58-56(74)53(55(73)42(4)78-58)64(31-21-28-61)32-22-29-62)36-50-52(57(75)63-30-20-16-15-19-27-60)49(70)38-59(76,80-50)37-45(67)34-48(69)47(68)26-25-43(65)33-44(66)35-51(71)77-41(3)40(2)54(39)72/h5-14,17-18,23-24,39-50,52-56,58,65-70,72-74,76H,15-16,19-22,25-38,60-62H2,1-4H3,(H,63,75)/b6-5+,9-7+,10-8+,13-11+,14-12+,23-17+,24-18+/t39-,40-,41-,42+,43+,44+,45-,46-,47+,48+,49-,50-,52+,53-,54+,55+,56-,58-,59+/m0/s1. The molecular formula is C59H101N5O16. The Hall–Kier alpha value is -3.56. The zero-order chi connectivity index (χ0) is 59.2. The predicted octanol–water partition coefficient (Wildman–Crippen LogP) is 1.30. The number of nitrogens with one attached hydrogen (secondary N) is 1. The van der Waals surface area contributed by atoms with E-state index in [2.05, 4.69) is 5.32 Å². The summed E-state index contributed by atoms with van der Waals surface area (Å²) in [5, 5.41) is 116. The summed E-state index contributed by atoms with van der Waals surface area (Å²) in [5.74, 6) is -5.57. The van der Waals surface area contributed by atoms with E-state index in [1.54, 1.807) is 51.2 Å². The van der Waals surface area contributed by atoms with E-state index in [9.17, 15) is 60.7 Å². The van der Waals surface area contributed by atoms with Gasteiger partial charge in [-0.25, -0.2) is 0 Å². The number of nitrogens with two attached hydrogens (primary N) is 3. The van der Waals surface area contributed by atoms with Gasteiger partial charge >= 0.3 is 5.97 Å². The average Bonchev–Trinajstić information content (AvgIpc) is 3.39. The van der Waals surface area contributed by atoms with Crippen molar-refractivity contribution in [1.82, 2.24) is 10.2 Å². The van der Waals surface area contributed by atoms with Crippen molar-refractivity contribution in [3.8, 4) is 0 Å². The zero-order valence-electron chi connectivity index (χ0n) is 47.7. The third-order valence-electron chi connectivity index (χ3n) is 15.1. The number of nitrogens with zero attached hydrogens (tertiary/aromatic N) is 1. The molecule has 0 aliphatic carbocycles. The lowest BCUT2D eigenvalue weighted by Gasteiger charge is -2.48. The fourth-order valence-electron chi connectivity index (χ4n) is 10.3. The number of ether oxygens (including phenoxy) is 4. The van der Waals surface area contributed by atoms with E-state index >= 15 is 0 Å². The third-order valence-corrected chi connectivity index (χ3v) is 15.1. The smallest absolute Gasteiger partial charge is 0.308 e. The molecule has 3 aliphatic heterocycles. The summed E-state index contributed by atoms with van der Waals surface area (Å²) in [6.45, 7) is 9.39. The molecule has 0 aromatic heterocycles. The highest BCUT2D eigenvalue weighted by Crippen LogP contribution is 2.38. The minimum Gasteiger partial charge on any atom is -0.462 e. The number of fused-ring (bicyclic) bond motifs is 2. The van der Waals surface area contributed by atoms with E-state index in [0.717, 1.165) is 19.3 Å². The molecule has 2 fully saturated rings. The van der Waals surface area contributed by atoms with Gasteiger partial charge in [-0.15, -0.1) is 0 Å². The molecule has 0 aromatic carbocycles. The lowest BCUT2D eigenvalue weighted by Crippen LogP contribution is -2.64. The summed E-state index contributed by atoms with van der Waals surface area (Å²) < 4.78 is 24.6. The minimum absolute atomic E-state index is 0.0971. The Morgan fingerprint density at radius 1 is 0.637 bits per heavy atom. The van der Waals surface area contributed by atoms with Crippen molar-refractivity contribution in [2.45, 2.75) is 215 Å². The van der Waals surface area contributed by atoms with Crippen LogP contribution in [0.3, 0.4) is 0 Å². The molecule has 1 amide bonds. The number of carbonyl (C=O) groups excluding carboxylic acids is 2. The Balaban J connectivity index is 2.02. The van der Waals surface area contributed by atoms with Gasteiger partial charge in [-0.2, -0.15) is 0 Å². The van der Waals surface area contributed by atoms with Gasteiger partial charge < -0.3 is 92.5 Å². The third kappa shape index (κ3) is 25.5. The molecule has 3 heterocycles. The monoisotopic (exact) mass is 1140 g/mol. The van der Waals surface area contributed by atoms with Crippen molar-refractivity contribution in [2.75, 3.05) is 39.3 Å². The van der Waals surface area contributed by atoms with E-state index in [4.69, 9.17) is 36.1 Å². The van der Waals surface area contributed by atoms with Crippen molar-refractivity contribution >= 4 is 11.9 Å². The SMILES string of the molecule is C[C@@H]1[C@H](O)[C@@H](C)/C=C/C=C/C=C/C=C/C=C/C=C/C=C/[C@H](O[C@@H]2O[C@H](C)[C@@H](O)[C@H](N(CCCN)CCCN)[C@@H]2O)C[C@@H]2O[C@](O)(C[C@@H](O)C[C@@H](O)[C@H](O)CC[C@@H](O)C[C@@H](O)CC(=O)O[C@H]1C)C[C@H](O)[C@H]2C(=O)NCCCCCCN. The van der Waals surface area contributed by atoms with Crippen LogP contribution in [0.2, 0.25) is 0 Å². The minimum atomic E-state index is -2.28. The molecular weight excluding hydrogens is 1030 g/mol. The molecule has 80 heavy (non-hydrogen) atoms. The number of amides is 1. The molecule has 3 aliphatic rings. The van der Waals surface area contributed by atoms with Crippen LogP contribution < -0.4 is 22.5 Å². The number of hydrogen-bond acceptors (Lipinski definition) is 20. The quantitative estimate of drug-likeness (QED) is 0.0765. The first-order valence-electron chi connectivity index (χ1n) is 29.0. The first-order chi connectivity index (χ1) is 38.1. The molecule has 21 nitrogen and oxygen atoms in total. The molecule has 2 bridgehead atoms. The fourth-order valence-corrected chi connectivity index (χ4v) is 10.3. The van der Waals surface area contributed by atoms with E-state index in [1.165, 1.54) is 0 Å². The van der Waals surface area contributed by atoms with Gasteiger partial charge in [0, 0.05) is 44.1 Å². The Kier molecular flexibility index (Phi) is 33.9. The van der Waals surface area contributed by atoms with Gasteiger partial charge in [-0.1, -0.05) is 112 Å². The summed E-state index contributed by atoms with van der Waals surface area (Å²) >= 11 is 0. The summed E-state index contributed by atoms with van der Waals surface area (Å²) in [6, 6.07) is -0.848. The molecule has 17 N–H and O–H groups in total. The number of unbranched alkanes of at least 4 members (excludes halogenated alkanes) is 3. The molecule has 0 spiro atoms. The average molecular weight is 1140 g/mol. The molecule has 0 unspecified atom stereocenters. The number of aliphatic hydroxyl groups excluding tert-OH is 9. The van der Waals surface area contributed by atoms with Crippen LogP contribution in [-0.4, -0.2) is 205 Å². The first kappa shape index (κ1) is 70.7. The molecule has 0 radical (unpaired) electrons. The second kappa shape index (κ2) is 38.3. The van der Waals surface area contributed by atoms with Crippen molar-refractivity contribution in [3.63, 3.8) is 0 Å². The van der Waals surface area contributed by atoms with Crippen LogP contribution in [0.4, 0.5) is 0 Å². The molecule has 21 heteroatoms. The van der Waals surface area contributed by atoms with Crippen molar-refractivity contribution < 1.29 is 79.6 Å². The van der Waals surface area contributed by atoms with Gasteiger partial charge in [0.25, 0.3) is 0 Å². The van der Waals surface area contributed by atoms with E-state index in [0.29, 0.717) is 52.0 Å². The van der Waals surface area contributed by atoms with Crippen molar-refractivity contribution in [2.24, 2.45) is 35.0 Å². The molecule has 0 saturated carbocycles. The van der Waals surface area contributed by atoms with E-state index < -0.39 is 147 Å². The lowest BCUT2D eigenvalue weighted by molar-refractivity contribution is -0.311. The molecule has 0 aromatic rings. The maximum absolute atomic E-state index is 14.1. The second-order valence-electron chi connectivity index (χ2n) is 22.0. The predicted molar refractivity (Wildman–Crippen MR) is 305 cm³/mol. The van der Waals surface area contributed by atoms with Gasteiger partial charge in [-0.3, -0.25) is 14.5 Å². The molecule has 2 saturated heterocycles. The second-order valence-corrected chi connectivity index (χ2v) is 22.0. The highest BCUT2D eigenvalue weighted by atomic mass is 16.7. The largest absolute Gasteiger partial charge is 0.462 e. The van der Waals surface area contributed by atoms with Crippen LogP contribution in [-0.2, 0) is 28.5 Å². The van der Waals surface area contributed by atoms with Crippen LogP contribution in [0.25, 0.3) is 0 Å². The van der Waals surface area contributed by atoms with Gasteiger partial charge in [-0.05, 0) is 91.5 Å². The summed E-state index contributed by atoms with van der Waals surface area (Å²) in [7, 11) is 0. The maximum Gasteiger partial charge on any atom is 0.308 e.